The highest BCUT2D eigenvalue weighted by Crippen LogP contribution is 2.27. The Labute approximate surface area is 116 Å². The number of carbonyl (C=O) groups excluding carboxylic acids is 1. The monoisotopic (exact) mass is 274 g/mol. The Kier molecular flexibility index (Phi) is 3.89. The van der Waals surface area contributed by atoms with Crippen molar-refractivity contribution in [1.29, 1.82) is 0 Å². The zero-order chi connectivity index (χ0) is 14.7. The number of para-hydroxylation sites is 2. The minimum atomic E-state index is -0.468. The van der Waals surface area contributed by atoms with Crippen molar-refractivity contribution >= 4 is 17.3 Å². The number of benzene rings is 2. The predicted molar refractivity (Wildman–Crippen MR) is 76.5 cm³/mol. The fourth-order valence-corrected chi connectivity index (χ4v) is 1.92. The highest BCUT2D eigenvalue weighted by molar-refractivity contribution is 6.09. The van der Waals surface area contributed by atoms with Crippen LogP contribution in [0.1, 0.15) is 10.4 Å². The summed E-state index contributed by atoms with van der Waals surface area (Å²) >= 11 is 0. The number of nitrogens with two attached hydrogens (primary N) is 1. The topological polar surface area (TPSA) is 55.6 Å². The van der Waals surface area contributed by atoms with E-state index in [1.54, 1.807) is 30.3 Å². The number of amides is 1. The van der Waals surface area contributed by atoms with E-state index in [-0.39, 0.29) is 16.9 Å². The molecule has 0 aliphatic carbocycles. The van der Waals surface area contributed by atoms with Crippen molar-refractivity contribution in [1.82, 2.24) is 0 Å². The van der Waals surface area contributed by atoms with Crippen molar-refractivity contribution in [3.63, 3.8) is 0 Å². The molecule has 0 radical (unpaired) electrons. The van der Waals surface area contributed by atoms with Crippen molar-refractivity contribution < 1.29 is 13.9 Å². The van der Waals surface area contributed by atoms with E-state index in [9.17, 15) is 9.18 Å². The number of anilines is 2. The minimum Gasteiger partial charge on any atom is -0.495 e. The molecule has 5 heteroatoms. The Hall–Kier alpha value is -2.56. The van der Waals surface area contributed by atoms with Crippen molar-refractivity contribution in [3.05, 3.63) is 53.8 Å². The van der Waals surface area contributed by atoms with Gasteiger partial charge in [-0.3, -0.25) is 4.79 Å². The zero-order valence-corrected chi connectivity index (χ0v) is 11.3. The first-order valence-corrected chi connectivity index (χ1v) is 6.01. The zero-order valence-electron chi connectivity index (χ0n) is 11.3. The molecule has 2 aromatic carbocycles. The number of rotatable bonds is 3. The van der Waals surface area contributed by atoms with Gasteiger partial charge in [-0.2, -0.15) is 0 Å². The van der Waals surface area contributed by atoms with Crippen LogP contribution in [0.2, 0.25) is 0 Å². The lowest BCUT2D eigenvalue weighted by Gasteiger charge is -2.19. The quantitative estimate of drug-likeness (QED) is 0.875. The summed E-state index contributed by atoms with van der Waals surface area (Å²) in [5.74, 6) is -0.450. The Bertz CT molecular complexity index is 644. The highest BCUT2D eigenvalue weighted by atomic mass is 19.1. The lowest BCUT2D eigenvalue weighted by molar-refractivity contribution is 0.0993. The van der Waals surface area contributed by atoms with Gasteiger partial charge in [-0.15, -0.1) is 0 Å². The molecule has 0 saturated carbocycles. The number of hydrogen-bond acceptors (Lipinski definition) is 3. The van der Waals surface area contributed by atoms with E-state index in [1.807, 2.05) is 0 Å². The summed E-state index contributed by atoms with van der Waals surface area (Å²) in [6.07, 6.45) is 0. The molecule has 0 aliphatic heterocycles. The fourth-order valence-electron chi connectivity index (χ4n) is 1.92. The normalized spacial score (nSPS) is 10.2. The Morgan fingerprint density at radius 1 is 1.20 bits per heavy atom. The van der Waals surface area contributed by atoms with E-state index in [2.05, 4.69) is 0 Å². The lowest BCUT2D eigenvalue weighted by atomic mass is 10.1. The molecule has 0 spiro atoms. The van der Waals surface area contributed by atoms with Gasteiger partial charge in [0, 0.05) is 7.05 Å². The Morgan fingerprint density at radius 3 is 2.55 bits per heavy atom. The van der Waals surface area contributed by atoms with Crippen LogP contribution in [0, 0.1) is 5.82 Å². The van der Waals surface area contributed by atoms with Gasteiger partial charge >= 0.3 is 0 Å². The molecular formula is C15H15FN2O2. The van der Waals surface area contributed by atoms with Gasteiger partial charge in [0.05, 0.1) is 24.0 Å². The van der Waals surface area contributed by atoms with Gasteiger partial charge in [-0.25, -0.2) is 4.39 Å². The largest absolute Gasteiger partial charge is 0.495 e. The Morgan fingerprint density at radius 2 is 1.90 bits per heavy atom. The first-order valence-electron chi connectivity index (χ1n) is 6.01. The summed E-state index contributed by atoms with van der Waals surface area (Å²) in [7, 11) is 2.97. The summed E-state index contributed by atoms with van der Waals surface area (Å²) in [6.45, 7) is 0. The number of nitrogen functional groups attached to an aromatic ring is 1. The fraction of sp³-hybridized carbons (Fsp3) is 0.133. The molecular weight excluding hydrogens is 259 g/mol. The van der Waals surface area contributed by atoms with Crippen molar-refractivity contribution in [2.45, 2.75) is 0 Å². The summed E-state index contributed by atoms with van der Waals surface area (Å²) < 4.78 is 18.8. The van der Waals surface area contributed by atoms with Crippen molar-refractivity contribution in [3.8, 4) is 5.75 Å². The number of methoxy groups -OCH3 is 1. The maximum Gasteiger partial charge on any atom is 0.260 e. The molecule has 0 unspecified atom stereocenters. The first kappa shape index (κ1) is 13.9. The third-order valence-electron chi connectivity index (χ3n) is 3.03. The average molecular weight is 274 g/mol. The van der Waals surface area contributed by atoms with Crippen LogP contribution in [-0.4, -0.2) is 20.1 Å². The number of ether oxygens (including phenoxy) is 1. The van der Waals surface area contributed by atoms with Gasteiger partial charge < -0.3 is 15.4 Å². The number of carbonyl (C=O) groups is 1. The summed E-state index contributed by atoms with van der Waals surface area (Å²) in [5, 5.41) is 0. The van der Waals surface area contributed by atoms with Gasteiger partial charge in [-0.05, 0) is 24.3 Å². The number of halogens is 1. The van der Waals surface area contributed by atoms with E-state index in [0.717, 1.165) is 0 Å². The molecule has 0 fully saturated rings. The van der Waals surface area contributed by atoms with E-state index in [1.165, 1.54) is 31.2 Å². The second-order valence-corrected chi connectivity index (χ2v) is 4.24. The van der Waals surface area contributed by atoms with E-state index < -0.39 is 11.7 Å². The van der Waals surface area contributed by atoms with Crippen LogP contribution in [-0.2, 0) is 0 Å². The molecule has 2 rings (SSSR count). The second kappa shape index (κ2) is 5.61. The summed E-state index contributed by atoms with van der Waals surface area (Å²) in [4.78, 5) is 13.6. The standard InChI is InChI=1S/C15H15FN2O2/c1-18(12-8-4-3-7-11(12)16)15(19)10-6-5-9-13(20-2)14(10)17/h3-9H,17H2,1-2H3. The highest BCUT2D eigenvalue weighted by Gasteiger charge is 2.19. The van der Waals surface area contributed by atoms with Crippen LogP contribution in [0.5, 0.6) is 5.75 Å². The third kappa shape index (κ3) is 2.42. The molecule has 0 atom stereocenters. The molecule has 0 saturated heterocycles. The van der Waals surface area contributed by atoms with Crippen LogP contribution in [0.15, 0.2) is 42.5 Å². The molecule has 1 amide bonds. The van der Waals surface area contributed by atoms with Gasteiger partial charge in [0.2, 0.25) is 0 Å². The van der Waals surface area contributed by atoms with Crippen LogP contribution in [0.3, 0.4) is 0 Å². The molecule has 0 aromatic heterocycles. The van der Waals surface area contributed by atoms with Crippen molar-refractivity contribution in [2.24, 2.45) is 0 Å². The minimum absolute atomic E-state index is 0.194. The van der Waals surface area contributed by atoms with Gasteiger partial charge in [0.1, 0.15) is 11.6 Å². The van der Waals surface area contributed by atoms with E-state index >= 15 is 0 Å². The molecule has 4 nitrogen and oxygen atoms in total. The average Bonchev–Trinajstić information content (AvgIpc) is 2.46. The van der Waals surface area contributed by atoms with Crippen LogP contribution >= 0.6 is 0 Å². The molecule has 0 bridgehead atoms. The van der Waals surface area contributed by atoms with Crippen molar-refractivity contribution in [2.75, 3.05) is 24.8 Å². The number of nitrogens with zero attached hydrogens (tertiary/aromatic N) is 1. The molecule has 104 valence electrons. The molecule has 20 heavy (non-hydrogen) atoms. The smallest absolute Gasteiger partial charge is 0.260 e. The first-order chi connectivity index (χ1) is 9.56. The Balaban J connectivity index is 2.39. The van der Waals surface area contributed by atoms with Crippen LogP contribution in [0.25, 0.3) is 0 Å². The van der Waals surface area contributed by atoms with Gasteiger partial charge in [-0.1, -0.05) is 18.2 Å². The molecule has 0 heterocycles. The predicted octanol–water partition coefficient (Wildman–Crippen LogP) is 2.69. The SMILES string of the molecule is COc1cccc(C(=O)N(C)c2ccccc2F)c1N. The maximum absolute atomic E-state index is 13.7. The lowest BCUT2D eigenvalue weighted by Crippen LogP contribution is -2.27. The summed E-state index contributed by atoms with van der Waals surface area (Å²) in [5.41, 5.74) is 6.59. The number of hydrogen-bond donors (Lipinski definition) is 1. The van der Waals surface area contributed by atoms with Crippen LogP contribution < -0.4 is 15.4 Å². The van der Waals surface area contributed by atoms with Gasteiger partial charge in [0.15, 0.2) is 0 Å². The third-order valence-corrected chi connectivity index (χ3v) is 3.03. The van der Waals surface area contributed by atoms with E-state index in [4.69, 9.17) is 10.5 Å². The maximum atomic E-state index is 13.7. The van der Waals surface area contributed by atoms with E-state index in [0.29, 0.717) is 5.75 Å². The molecule has 2 aromatic rings. The molecule has 2 N–H and O–H groups in total. The summed E-state index contributed by atoms with van der Waals surface area (Å²) in [6, 6.07) is 11.0. The van der Waals surface area contributed by atoms with Crippen LogP contribution in [0.4, 0.5) is 15.8 Å². The van der Waals surface area contributed by atoms with Gasteiger partial charge in [0.25, 0.3) is 5.91 Å². The molecule has 0 aliphatic rings. The second-order valence-electron chi connectivity index (χ2n) is 4.24.